The summed E-state index contributed by atoms with van der Waals surface area (Å²) in [5.74, 6) is -2.05. The second-order valence-electron chi connectivity index (χ2n) is 5.59. The van der Waals surface area contributed by atoms with Gasteiger partial charge in [0.1, 0.15) is 12.6 Å². The smallest absolute Gasteiger partial charge is 0.217 e. The summed E-state index contributed by atoms with van der Waals surface area (Å²) in [6, 6.07) is -1.21. The molecule has 0 spiro atoms. The van der Waals surface area contributed by atoms with E-state index in [9.17, 15) is 24.6 Å². The Labute approximate surface area is 122 Å². The number of carbonyl (C=O) groups is 3. The molecule has 0 aromatic heterocycles. The van der Waals surface area contributed by atoms with Crippen LogP contribution in [0.25, 0.3) is 0 Å². The van der Waals surface area contributed by atoms with E-state index in [-0.39, 0.29) is 17.3 Å². The van der Waals surface area contributed by atoms with Gasteiger partial charge in [-0.25, -0.2) is 0 Å². The van der Waals surface area contributed by atoms with E-state index in [1.54, 1.807) is 0 Å². The number of likely N-dealkylation sites (N-methyl/N-ethyl adjacent to an activating group) is 1. The number of aliphatic carboxylic acids is 1. The van der Waals surface area contributed by atoms with Gasteiger partial charge in [0.2, 0.25) is 5.91 Å². The number of carboxylic acid groups (broad SMARTS) is 1. The second-order valence-corrected chi connectivity index (χ2v) is 6.66. The summed E-state index contributed by atoms with van der Waals surface area (Å²) in [5.41, 5.74) is 0. The zero-order chi connectivity index (χ0) is 15.9. The molecule has 116 valence electrons. The molecule has 0 aliphatic heterocycles. The van der Waals surface area contributed by atoms with E-state index in [4.69, 9.17) is 0 Å². The quantitative estimate of drug-likeness (QED) is 0.500. The molecule has 2 N–H and O–H groups in total. The number of aliphatic hydroxyl groups excluding tert-OH is 1. The molecule has 0 radical (unpaired) electrons. The molecule has 1 unspecified atom stereocenters. The Morgan fingerprint density at radius 1 is 1.30 bits per heavy atom. The van der Waals surface area contributed by atoms with Crippen molar-refractivity contribution in [3.8, 4) is 0 Å². The number of aliphatic hydroxyl groups is 1. The molecule has 0 saturated carbocycles. The molecule has 0 aromatic rings. The highest BCUT2D eigenvalue weighted by Gasteiger charge is 2.20. The van der Waals surface area contributed by atoms with Gasteiger partial charge in [0.05, 0.1) is 33.2 Å². The van der Waals surface area contributed by atoms with Gasteiger partial charge in [0.25, 0.3) is 0 Å². The molecule has 20 heavy (non-hydrogen) atoms. The van der Waals surface area contributed by atoms with E-state index < -0.39 is 24.0 Å². The third-order valence-corrected chi connectivity index (χ3v) is 3.22. The average molecular weight is 306 g/mol. The normalized spacial score (nSPS) is 14.4. The highest BCUT2D eigenvalue weighted by Crippen LogP contribution is 2.11. The average Bonchev–Trinajstić information content (AvgIpc) is 2.20. The number of hydrogen-bond acceptors (Lipinski definition) is 6. The van der Waals surface area contributed by atoms with Crippen molar-refractivity contribution in [3.05, 3.63) is 0 Å². The van der Waals surface area contributed by atoms with Crippen LogP contribution in [-0.2, 0) is 14.4 Å². The van der Waals surface area contributed by atoms with Gasteiger partial charge in [-0.3, -0.25) is 9.59 Å². The fourth-order valence-corrected chi connectivity index (χ4v) is 2.42. The number of hydrogen-bond donors (Lipinski definition) is 2. The van der Waals surface area contributed by atoms with Crippen LogP contribution in [0.4, 0.5) is 0 Å². The highest BCUT2D eigenvalue weighted by atomic mass is 32.2. The molecule has 0 saturated heterocycles. The van der Waals surface area contributed by atoms with Gasteiger partial charge in [-0.1, -0.05) is 11.8 Å². The van der Waals surface area contributed by atoms with Crippen LogP contribution in [0.2, 0.25) is 0 Å². The van der Waals surface area contributed by atoms with Crippen molar-refractivity contribution >= 4 is 28.8 Å². The topological polar surface area (TPSA) is 107 Å². The minimum atomic E-state index is -1.44. The molecule has 0 fully saturated rings. The lowest BCUT2D eigenvalue weighted by Gasteiger charge is -2.26. The number of quaternary nitrogens is 1. The number of amides is 1. The predicted octanol–water partition coefficient (Wildman–Crippen LogP) is -2.04. The van der Waals surface area contributed by atoms with Crippen LogP contribution in [0.5, 0.6) is 0 Å². The third kappa shape index (κ3) is 9.76. The molecular weight excluding hydrogens is 284 g/mol. The van der Waals surface area contributed by atoms with E-state index in [1.807, 2.05) is 21.1 Å². The minimum absolute atomic E-state index is 0.0555. The summed E-state index contributed by atoms with van der Waals surface area (Å²) in [4.78, 5) is 33.2. The van der Waals surface area contributed by atoms with Gasteiger partial charge < -0.3 is 24.8 Å². The monoisotopic (exact) mass is 306 g/mol. The molecule has 2 atom stereocenters. The Morgan fingerprint density at radius 3 is 2.25 bits per heavy atom. The first-order valence-electron chi connectivity index (χ1n) is 6.13. The lowest BCUT2D eigenvalue weighted by molar-refractivity contribution is -0.873. The number of rotatable bonds is 8. The van der Waals surface area contributed by atoms with Crippen LogP contribution in [0.1, 0.15) is 13.3 Å². The Bertz CT molecular complexity index is 367. The fourth-order valence-electron chi connectivity index (χ4n) is 1.54. The van der Waals surface area contributed by atoms with E-state index in [0.717, 1.165) is 11.8 Å². The molecule has 0 aliphatic carbocycles. The van der Waals surface area contributed by atoms with Crippen LogP contribution < -0.4 is 10.4 Å². The number of nitrogens with zero attached hydrogens (tertiary/aromatic N) is 1. The van der Waals surface area contributed by atoms with E-state index >= 15 is 0 Å². The van der Waals surface area contributed by atoms with Gasteiger partial charge in [0, 0.05) is 19.1 Å². The van der Waals surface area contributed by atoms with Gasteiger partial charge in [-0.2, -0.15) is 0 Å². The third-order valence-electron chi connectivity index (χ3n) is 2.23. The van der Waals surface area contributed by atoms with Crippen LogP contribution in [0.3, 0.4) is 0 Å². The molecule has 8 heteroatoms. The van der Waals surface area contributed by atoms with E-state index in [0.29, 0.717) is 11.0 Å². The lowest BCUT2D eigenvalue weighted by atomic mass is 10.2. The van der Waals surface area contributed by atoms with Gasteiger partial charge >= 0.3 is 0 Å². The van der Waals surface area contributed by atoms with Crippen molar-refractivity contribution in [2.75, 3.05) is 33.4 Å². The van der Waals surface area contributed by atoms with Crippen molar-refractivity contribution in [3.63, 3.8) is 0 Å². The summed E-state index contributed by atoms with van der Waals surface area (Å²) in [5, 5.41) is 22.4. The maximum Gasteiger partial charge on any atom is 0.217 e. The van der Waals surface area contributed by atoms with Gasteiger partial charge in [0.15, 0.2) is 5.12 Å². The van der Waals surface area contributed by atoms with Crippen molar-refractivity contribution in [2.45, 2.75) is 25.5 Å². The maximum absolute atomic E-state index is 11.6. The Hall–Kier alpha value is -1.12. The van der Waals surface area contributed by atoms with E-state index in [1.165, 1.54) is 6.92 Å². The van der Waals surface area contributed by atoms with Gasteiger partial charge in [-0.05, 0) is 0 Å². The predicted molar refractivity (Wildman–Crippen MR) is 73.6 cm³/mol. The van der Waals surface area contributed by atoms with Crippen LogP contribution >= 0.6 is 11.8 Å². The summed E-state index contributed by atoms with van der Waals surface area (Å²) >= 11 is 0.768. The van der Waals surface area contributed by atoms with Crippen molar-refractivity contribution in [1.29, 1.82) is 0 Å². The molecule has 1 amide bonds. The Balaban J connectivity index is 4.20. The molecular formula is C12H22N2O5S. The summed E-state index contributed by atoms with van der Waals surface area (Å²) in [6.45, 7) is 1.61. The number of carboxylic acids is 1. The largest absolute Gasteiger partial charge is 0.548 e. The molecule has 7 nitrogen and oxygen atoms in total. The van der Waals surface area contributed by atoms with Crippen LogP contribution in [0.15, 0.2) is 0 Å². The van der Waals surface area contributed by atoms with Gasteiger partial charge in [-0.15, -0.1) is 0 Å². The Kier molecular flexibility index (Phi) is 7.77. The second kappa shape index (κ2) is 8.23. The summed E-state index contributed by atoms with van der Waals surface area (Å²) in [7, 11) is 5.68. The first kappa shape index (κ1) is 18.9. The zero-order valence-corrected chi connectivity index (χ0v) is 13.0. The summed E-state index contributed by atoms with van der Waals surface area (Å²) < 4.78 is 0.521. The molecule has 0 rings (SSSR count). The highest BCUT2D eigenvalue weighted by molar-refractivity contribution is 8.13. The minimum Gasteiger partial charge on any atom is -0.548 e. The van der Waals surface area contributed by atoms with Crippen molar-refractivity contribution < 1.29 is 29.1 Å². The van der Waals surface area contributed by atoms with Crippen molar-refractivity contribution in [2.24, 2.45) is 0 Å². The number of carbonyl (C=O) groups excluding carboxylic acids is 3. The number of thioether (sulfide) groups is 1. The van der Waals surface area contributed by atoms with Crippen LogP contribution in [0, 0.1) is 0 Å². The zero-order valence-electron chi connectivity index (χ0n) is 12.2. The van der Waals surface area contributed by atoms with Crippen molar-refractivity contribution in [1.82, 2.24) is 5.32 Å². The summed E-state index contributed by atoms with van der Waals surface area (Å²) in [6.07, 6.45) is -0.836. The van der Waals surface area contributed by atoms with Crippen LogP contribution in [-0.4, -0.2) is 72.2 Å². The molecule has 0 heterocycles. The lowest BCUT2D eigenvalue weighted by Crippen LogP contribution is -2.49. The SMILES string of the molecule is CC(=O)NC(CSC(=O)C[C@@H](O)C[N+](C)(C)C)C(=O)[O-]. The maximum atomic E-state index is 11.6. The molecule has 0 aromatic carbocycles. The van der Waals surface area contributed by atoms with E-state index in [2.05, 4.69) is 5.32 Å². The molecule has 0 bridgehead atoms. The Morgan fingerprint density at radius 2 is 1.85 bits per heavy atom. The first-order valence-corrected chi connectivity index (χ1v) is 7.12. The first-order chi connectivity index (χ1) is 9.01. The fraction of sp³-hybridized carbons (Fsp3) is 0.750. The number of nitrogens with one attached hydrogen (secondary N) is 1. The molecule has 0 aliphatic rings. The standard InChI is InChI=1S/C12H22N2O5S/c1-8(15)13-10(12(18)19)7-20-11(17)5-9(16)6-14(2,3)4/h9-10,16H,5-7H2,1-4H3,(H-,13,15,18,19)/t9-,10?/m1/s1.